The summed E-state index contributed by atoms with van der Waals surface area (Å²) in [5.74, 6) is 0.401. The minimum Gasteiger partial charge on any atom is -0.336 e. The molecule has 0 aliphatic carbocycles. The van der Waals surface area contributed by atoms with Crippen LogP contribution in [0.15, 0.2) is 59.9 Å². The van der Waals surface area contributed by atoms with Gasteiger partial charge in [-0.15, -0.1) is 0 Å². The van der Waals surface area contributed by atoms with Crippen molar-refractivity contribution in [2.45, 2.75) is 4.90 Å². The summed E-state index contributed by atoms with van der Waals surface area (Å²) in [7, 11) is -3.80. The third kappa shape index (κ3) is 4.06. The van der Waals surface area contributed by atoms with Crippen molar-refractivity contribution in [3.8, 4) is 5.82 Å². The quantitative estimate of drug-likeness (QED) is 0.590. The van der Waals surface area contributed by atoms with Crippen molar-refractivity contribution in [2.75, 3.05) is 26.2 Å². The van der Waals surface area contributed by atoms with Crippen molar-refractivity contribution in [2.24, 2.45) is 0 Å². The summed E-state index contributed by atoms with van der Waals surface area (Å²) in [4.78, 5) is 18.6. The van der Waals surface area contributed by atoms with Gasteiger partial charge in [0, 0.05) is 49.8 Å². The van der Waals surface area contributed by atoms with Gasteiger partial charge in [-0.2, -0.15) is 9.40 Å². The lowest BCUT2D eigenvalue weighted by Gasteiger charge is -2.34. The van der Waals surface area contributed by atoms with Gasteiger partial charge in [0.1, 0.15) is 4.90 Å². The van der Waals surface area contributed by atoms with Gasteiger partial charge in [0.05, 0.1) is 10.6 Å². The number of pyridine rings is 1. The number of piperazine rings is 1. The number of amides is 1. The fourth-order valence-electron chi connectivity index (χ4n) is 3.18. The summed E-state index contributed by atoms with van der Waals surface area (Å²) < 4.78 is 28.7. The molecule has 0 atom stereocenters. The summed E-state index contributed by atoms with van der Waals surface area (Å²) in [5.41, 5.74) is 0.431. The van der Waals surface area contributed by atoms with E-state index < -0.39 is 10.0 Å². The predicted octanol–water partition coefficient (Wildman–Crippen LogP) is 2.72. The first-order chi connectivity index (χ1) is 14.4. The lowest BCUT2D eigenvalue weighted by Crippen LogP contribution is -2.50. The van der Waals surface area contributed by atoms with Gasteiger partial charge in [0.15, 0.2) is 5.82 Å². The van der Waals surface area contributed by atoms with Gasteiger partial charge in [0.2, 0.25) is 10.0 Å². The van der Waals surface area contributed by atoms with Crippen LogP contribution in [0.2, 0.25) is 10.0 Å². The Hall–Kier alpha value is -2.46. The van der Waals surface area contributed by atoms with Crippen LogP contribution in [0.5, 0.6) is 0 Å². The maximum Gasteiger partial charge on any atom is 0.255 e. The zero-order valence-corrected chi connectivity index (χ0v) is 18.0. The van der Waals surface area contributed by atoms with Crippen LogP contribution >= 0.6 is 23.2 Å². The smallest absolute Gasteiger partial charge is 0.255 e. The van der Waals surface area contributed by atoms with Crippen molar-refractivity contribution >= 4 is 39.1 Å². The van der Waals surface area contributed by atoms with Gasteiger partial charge < -0.3 is 4.90 Å². The number of aromatic nitrogens is 3. The van der Waals surface area contributed by atoms with E-state index >= 15 is 0 Å². The SMILES string of the molecule is O=C(c1ccc(-n2cccn2)nc1)N1CCN(S(=O)(=O)c2cc(Cl)ccc2Cl)CC1. The van der Waals surface area contributed by atoms with Gasteiger partial charge in [0.25, 0.3) is 5.91 Å². The minimum absolute atomic E-state index is 0.0325. The van der Waals surface area contributed by atoms with Crippen LogP contribution in [-0.2, 0) is 10.0 Å². The number of carbonyl (C=O) groups is 1. The molecule has 3 heterocycles. The van der Waals surface area contributed by atoms with Crippen LogP contribution in [0.3, 0.4) is 0 Å². The van der Waals surface area contributed by atoms with Crippen LogP contribution in [-0.4, -0.2) is 64.5 Å². The molecule has 0 saturated carbocycles. The standard InChI is InChI=1S/C19H17Cl2N5O3S/c20-15-3-4-16(21)17(12-15)30(28,29)25-10-8-24(9-11-25)19(27)14-2-5-18(22-13-14)26-7-1-6-23-26/h1-7,12-13H,8-11H2. The lowest BCUT2D eigenvalue weighted by molar-refractivity contribution is 0.0697. The molecule has 0 spiro atoms. The first kappa shape index (κ1) is 20.8. The molecule has 0 N–H and O–H groups in total. The van der Waals surface area contributed by atoms with E-state index in [1.54, 1.807) is 40.2 Å². The molecule has 3 aromatic rings. The van der Waals surface area contributed by atoms with E-state index in [1.165, 1.54) is 28.7 Å². The Morgan fingerprint density at radius 3 is 2.43 bits per heavy atom. The third-order valence-electron chi connectivity index (χ3n) is 4.77. The monoisotopic (exact) mass is 465 g/mol. The summed E-state index contributed by atoms with van der Waals surface area (Å²) >= 11 is 12.0. The fraction of sp³-hybridized carbons (Fsp3) is 0.211. The number of benzene rings is 1. The zero-order valence-electron chi connectivity index (χ0n) is 15.6. The number of carbonyl (C=O) groups excluding carboxylic acids is 1. The average molecular weight is 466 g/mol. The molecule has 4 rings (SSSR count). The molecule has 2 aromatic heterocycles. The first-order valence-electron chi connectivity index (χ1n) is 9.07. The van der Waals surface area contributed by atoms with Crippen LogP contribution < -0.4 is 0 Å². The van der Waals surface area contributed by atoms with Crippen LogP contribution in [0.1, 0.15) is 10.4 Å². The van der Waals surface area contributed by atoms with E-state index in [1.807, 2.05) is 0 Å². The molecule has 11 heteroatoms. The van der Waals surface area contributed by atoms with Gasteiger partial charge >= 0.3 is 0 Å². The van der Waals surface area contributed by atoms with Gasteiger partial charge in [-0.1, -0.05) is 23.2 Å². The third-order valence-corrected chi connectivity index (χ3v) is 7.39. The van der Waals surface area contributed by atoms with Crippen molar-refractivity contribution in [3.63, 3.8) is 0 Å². The number of halogens is 2. The highest BCUT2D eigenvalue weighted by molar-refractivity contribution is 7.89. The summed E-state index contributed by atoms with van der Waals surface area (Å²) in [6, 6.07) is 9.50. The van der Waals surface area contributed by atoms with Crippen molar-refractivity contribution in [3.05, 3.63) is 70.6 Å². The predicted molar refractivity (Wildman–Crippen MR) is 112 cm³/mol. The number of nitrogens with zero attached hydrogens (tertiary/aromatic N) is 5. The topological polar surface area (TPSA) is 88.4 Å². The number of hydrogen-bond acceptors (Lipinski definition) is 5. The largest absolute Gasteiger partial charge is 0.336 e. The Morgan fingerprint density at radius 2 is 1.80 bits per heavy atom. The molecule has 156 valence electrons. The molecule has 0 radical (unpaired) electrons. The second-order valence-corrected chi connectivity index (χ2v) is 9.38. The molecular weight excluding hydrogens is 449 g/mol. The lowest BCUT2D eigenvalue weighted by atomic mass is 10.2. The Morgan fingerprint density at radius 1 is 1.03 bits per heavy atom. The van der Waals surface area contributed by atoms with Crippen LogP contribution in [0.25, 0.3) is 5.82 Å². The Bertz CT molecular complexity index is 1160. The second-order valence-electron chi connectivity index (χ2n) is 6.63. The van der Waals surface area contributed by atoms with E-state index in [0.717, 1.165) is 0 Å². The average Bonchev–Trinajstić information content (AvgIpc) is 3.30. The maximum absolute atomic E-state index is 12.9. The van der Waals surface area contributed by atoms with E-state index in [2.05, 4.69) is 10.1 Å². The molecular formula is C19H17Cl2N5O3S. The van der Waals surface area contributed by atoms with E-state index in [-0.39, 0.29) is 47.0 Å². The van der Waals surface area contributed by atoms with E-state index in [9.17, 15) is 13.2 Å². The molecule has 0 bridgehead atoms. The van der Waals surface area contributed by atoms with Gasteiger partial charge in [-0.05, 0) is 36.4 Å². The van der Waals surface area contributed by atoms with Crippen molar-refractivity contribution in [1.29, 1.82) is 0 Å². The molecule has 1 aliphatic heterocycles. The molecule has 1 aromatic carbocycles. The van der Waals surface area contributed by atoms with Crippen molar-refractivity contribution < 1.29 is 13.2 Å². The van der Waals surface area contributed by atoms with E-state index in [4.69, 9.17) is 23.2 Å². The first-order valence-corrected chi connectivity index (χ1v) is 11.3. The summed E-state index contributed by atoms with van der Waals surface area (Å²) in [6.07, 6.45) is 4.90. The molecule has 8 nitrogen and oxygen atoms in total. The van der Waals surface area contributed by atoms with Crippen molar-refractivity contribution in [1.82, 2.24) is 24.0 Å². The number of hydrogen-bond donors (Lipinski definition) is 0. The highest BCUT2D eigenvalue weighted by atomic mass is 35.5. The molecule has 1 saturated heterocycles. The second kappa shape index (κ2) is 8.35. The van der Waals surface area contributed by atoms with Gasteiger partial charge in [-0.25, -0.2) is 18.1 Å². The normalized spacial score (nSPS) is 15.3. The summed E-state index contributed by atoms with van der Waals surface area (Å²) in [6.45, 7) is 0.847. The Kier molecular flexibility index (Phi) is 5.79. The molecule has 1 aliphatic rings. The Labute approximate surface area is 183 Å². The van der Waals surface area contributed by atoms with E-state index in [0.29, 0.717) is 11.4 Å². The molecule has 0 unspecified atom stereocenters. The number of sulfonamides is 1. The summed E-state index contributed by atoms with van der Waals surface area (Å²) in [5, 5.41) is 4.50. The highest BCUT2D eigenvalue weighted by Crippen LogP contribution is 2.28. The fourth-order valence-corrected chi connectivity index (χ4v) is 5.34. The van der Waals surface area contributed by atoms with Crippen LogP contribution in [0.4, 0.5) is 0 Å². The molecule has 1 amide bonds. The molecule has 30 heavy (non-hydrogen) atoms. The number of rotatable bonds is 4. The Balaban J connectivity index is 1.44. The van der Waals surface area contributed by atoms with Crippen LogP contribution in [0, 0.1) is 0 Å². The molecule has 1 fully saturated rings. The van der Waals surface area contributed by atoms with Gasteiger partial charge in [-0.3, -0.25) is 4.79 Å². The highest BCUT2D eigenvalue weighted by Gasteiger charge is 2.32. The maximum atomic E-state index is 12.9. The zero-order chi connectivity index (χ0) is 21.3. The minimum atomic E-state index is -3.80.